The molecule has 3 nitrogen and oxygen atoms in total. The van der Waals surface area contributed by atoms with Crippen molar-refractivity contribution in [2.45, 2.75) is 13.0 Å². The van der Waals surface area contributed by atoms with E-state index in [9.17, 15) is 22.4 Å². The lowest BCUT2D eigenvalue weighted by molar-refractivity contribution is -0.274. The molecule has 0 aliphatic carbocycles. The summed E-state index contributed by atoms with van der Waals surface area (Å²) < 4.78 is 58.2. The Balaban J connectivity index is 2.00. The summed E-state index contributed by atoms with van der Waals surface area (Å²) in [4.78, 5) is 10.6. The Bertz CT molecular complexity index is 651. The van der Waals surface area contributed by atoms with Gasteiger partial charge in [-0.05, 0) is 29.8 Å². The fourth-order valence-electron chi connectivity index (χ4n) is 1.69. The molecule has 0 aromatic heterocycles. The molecule has 0 atom stereocenters. The fraction of sp³-hybridized carbons (Fsp3) is 0.133. The Morgan fingerprint density at radius 3 is 2.27 bits per heavy atom. The van der Waals surface area contributed by atoms with Crippen LogP contribution >= 0.6 is 0 Å². The van der Waals surface area contributed by atoms with Crippen molar-refractivity contribution in [1.29, 1.82) is 0 Å². The highest BCUT2D eigenvalue weighted by atomic mass is 19.4. The van der Waals surface area contributed by atoms with E-state index < -0.39 is 12.2 Å². The Kier molecular flexibility index (Phi) is 4.65. The molecule has 2 aromatic carbocycles. The van der Waals surface area contributed by atoms with E-state index in [2.05, 4.69) is 4.74 Å². The number of ether oxygens (including phenoxy) is 2. The van der Waals surface area contributed by atoms with Crippen LogP contribution in [0, 0.1) is 5.82 Å². The summed E-state index contributed by atoms with van der Waals surface area (Å²) in [5.41, 5.74) is 0.690. The highest BCUT2D eigenvalue weighted by molar-refractivity contribution is 5.75. The molecule has 0 bridgehead atoms. The first-order chi connectivity index (χ1) is 10.4. The first-order valence-corrected chi connectivity index (χ1v) is 6.09. The van der Waals surface area contributed by atoms with Gasteiger partial charge in [0.2, 0.25) is 0 Å². The van der Waals surface area contributed by atoms with Crippen LogP contribution in [0.25, 0.3) is 0 Å². The van der Waals surface area contributed by atoms with Gasteiger partial charge in [0.1, 0.15) is 30.2 Å². The minimum atomic E-state index is -4.75. The van der Waals surface area contributed by atoms with Crippen molar-refractivity contribution in [2.24, 2.45) is 0 Å². The second-order valence-electron chi connectivity index (χ2n) is 4.32. The summed E-state index contributed by atoms with van der Waals surface area (Å²) in [6.45, 7) is 0.00798. The topological polar surface area (TPSA) is 35.5 Å². The number of hydrogen-bond donors (Lipinski definition) is 0. The van der Waals surface area contributed by atoms with E-state index in [1.807, 2.05) is 0 Å². The Morgan fingerprint density at radius 1 is 1.00 bits per heavy atom. The zero-order chi connectivity index (χ0) is 16.2. The zero-order valence-corrected chi connectivity index (χ0v) is 11.1. The van der Waals surface area contributed by atoms with E-state index in [-0.39, 0.29) is 23.7 Å². The monoisotopic (exact) mass is 314 g/mol. The zero-order valence-electron chi connectivity index (χ0n) is 11.1. The number of alkyl halides is 3. The number of carbonyl (C=O) groups excluding carboxylic acids is 1. The summed E-state index contributed by atoms with van der Waals surface area (Å²) in [7, 11) is 0. The molecule has 0 aliphatic rings. The van der Waals surface area contributed by atoms with Crippen molar-refractivity contribution in [3.05, 3.63) is 59.4 Å². The Hall–Kier alpha value is -2.57. The lowest BCUT2D eigenvalue weighted by atomic mass is 10.2. The molecule has 0 heterocycles. The molecule has 0 radical (unpaired) electrons. The van der Waals surface area contributed by atoms with Gasteiger partial charge in [0.15, 0.2) is 0 Å². The number of rotatable bonds is 5. The van der Waals surface area contributed by atoms with E-state index >= 15 is 0 Å². The van der Waals surface area contributed by atoms with Gasteiger partial charge in [-0.3, -0.25) is 4.79 Å². The Morgan fingerprint density at radius 2 is 1.68 bits per heavy atom. The minimum absolute atomic E-state index is 0.00798. The molecule has 0 unspecified atom stereocenters. The molecule has 0 spiro atoms. The third-order valence-corrected chi connectivity index (χ3v) is 2.59. The van der Waals surface area contributed by atoms with Crippen LogP contribution in [0.4, 0.5) is 17.6 Å². The first kappa shape index (κ1) is 15.8. The number of hydrogen-bond acceptors (Lipinski definition) is 3. The third kappa shape index (κ3) is 4.76. The van der Waals surface area contributed by atoms with Gasteiger partial charge in [-0.15, -0.1) is 13.2 Å². The van der Waals surface area contributed by atoms with Crippen molar-refractivity contribution in [3.63, 3.8) is 0 Å². The average Bonchev–Trinajstić information content (AvgIpc) is 2.44. The minimum Gasteiger partial charge on any atom is -0.489 e. The van der Waals surface area contributed by atoms with Crippen LogP contribution in [0.1, 0.15) is 15.9 Å². The van der Waals surface area contributed by atoms with Gasteiger partial charge in [0.25, 0.3) is 0 Å². The maximum absolute atomic E-state index is 13.2. The van der Waals surface area contributed by atoms with Crippen LogP contribution in [0.2, 0.25) is 0 Å². The van der Waals surface area contributed by atoms with Crippen LogP contribution in [0.3, 0.4) is 0 Å². The van der Waals surface area contributed by atoms with E-state index in [4.69, 9.17) is 4.74 Å². The lowest BCUT2D eigenvalue weighted by Gasteiger charge is -2.10. The quantitative estimate of drug-likeness (QED) is 0.615. The molecule has 2 aromatic rings. The van der Waals surface area contributed by atoms with Gasteiger partial charge in [-0.2, -0.15) is 0 Å². The third-order valence-electron chi connectivity index (χ3n) is 2.59. The maximum Gasteiger partial charge on any atom is 0.573 e. The fourth-order valence-corrected chi connectivity index (χ4v) is 1.69. The molecule has 22 heavy (non-hydrogen) atoms. The van der Waals surface area contributed by atoms with E-state index in [1.165, 1.54) is 18.2 Å². The summed E-state index contributed by atoms with van der Waals surface area (Å²) in [6.07, 6.45) is -4.26. The molecule has 0 amide bonds. The summed E-state index contributed by atoms with van der Waals surface area (Å²) >= 11 is 0. The van der Waals surface area contributed by atoms with Crippen molar-refractivity contribution in [1.82, 2.24) is 0 Å². The highest BCUT2D eigenvalue weighted by Gasteiger charge is 2.30. The van der Waals surface area contributed by atoms with Crippen molar-refractivity contribution in [3.8, 4) is 11.5 Å². The van der Waals surface area contributed by atoms with Crippen LogP contribution in [-0.4, -0.2) is 12.6 Å². The first-order valence-electron chi connectivity index (χ1n) is 6.09. The van der Waals surface area contributed by atoms with Crippen LogP contribution < -0.4 is 9.47 Å². The maximum atomic E-state index is 13.2. The molecule has 0 saturated heterocycles. The van der Waals surface area contributed by atoms with Gasteiger partial charge in [0, 0.05) is 11.6 Å². The molecule has 0 saturated carbocycles. The van der Waals surface area contributed by atoms with Crippen molar-refractivity contribution in [2.75, 3.05) is 0 Å². The molecule has 0 N–H and O–H groups in total. The average molecular weight is 314 g/mol. The molecule has 0 fully saturated rings. The van der Waals surface area contributed by atoms with Crippen molar-refractivity contribution >= 4 is 6.29 Å². The van der Waals surface area contributed by atoms with Gasteiger partial charge in [0.05, 0.1) is 0 Å². The second kappa shape index (κ2) is 6.46. The predicted octanol–water partition coefficient (Wildman–Crippen LogP) is 4.12. The number of benzene rings is 2. The standard InChI is InChI=1S/C15H10F4O3/c16-12-5-11(8-20)6-14(7-12)21-9-10-1-3-13(4-2-10)22-15(17,18)19/h1-8H,9H2. The van der Waals surface area contributed by atoms with Crippen LogP contribution in [0.15, 0.2) is 42.5 Å². The van der Waals surface area contributed by atoms with E-state index in [0.717, 1.165) is 24.3 Å². The number of carbonyl (C=O) groups is 1. The smallest absolute Gasteiger partial charge is 0.489 e. The highest BCUT2D eigenvalue weighted by Crippen LogP contribution is 2.23. The normalized spacial score (nSPS) is 11.1. The van der Waals surface area contributed by atoms with Gasteiger partial charge in [-0.25, -0.2) is 4.39 Å². The van der Waals surface area contributed by atoms with Gasteiger partial charge >= 0.3 is 6.36 Å². The van der Waals surface area contributed by atoms with Crippen LogP contribution in [-0.2, 0) is 6.61 Å². The molecule has 116 valence electrons. The Labute approximate surface area is 123 Å². The van der Waals surface area contributed by atoms with E-state index in [1.54, 1.807) is 0 Å². The predicted molar refractivity (Wildman–Crippen MR) is 69.2 cm³/mol. The largest absolute Gasteiger partial charge is 0.573 e. The second-order valence-corrected chi connectivity index (χ2v) is 4.32. The molecule has 7 heteroatoms. The summed E-state index contributed by atoms with van der Waals surface area (Å²) in [5.74, 6) is -0.809. The van der Waals surface area contributed by atoms with Crippen LogP contribution in [0.5, 0.6) is 11.5 Å². The SMILES string of the molecule is O=Cc1cc(F)cc(OCc2ccc(OC(F)(F)F)cc2)c1. The molecule has 2 rings (SSSR count). The van der Waals surface area contributed by atoms with E-state index in [0.29, 0.717) is 11.8 Å². The summed E-state index contributed by atoms with van der Waals surface area (Å²) in [5, 5.41) is 0. The molecular formula is C15H10F4O3. The lowest BCUT2D eigenvalue weighted by Crippen LogP contribution is -2.17. The van der Waals surface area contributed by atoms with Gasteiger partial charge in [-0.1, -0.05) is 12.1 Å². The number of halogens is 4. The van der Waals surface area contributed by atoms with Gasteiger partial charge < -0.3 is 9.47 Å². The molecule has 0 aliphatic heterocycles. The molecular weight excluding hydrogens is 304 g/mol. The van der Waals surface area contributed by atoms with Crippen molar-refractivity contribution < 1.29 is 31.8 Å². The number of aldehydes is 1. The summed E-state index contributed by atoms with van der Waals surface area (Å²) in [6, 6.07) is 8.60.